The zero-order chi connectivity index (χ0) is 12.8. The molecular weight excluding hydrogens is 242 g/mol. The Hall–Kier alpha value is -1.21. The lowest BCUT2D eigenvalue weighted by Crippen LogP contribution is -2.21. The molecule has 0 amide bonds. The molecule has 5 N–H and O–H groups in total. The normalized spacial score (nSPS) is 15.0. The molecule has 94 valence electrons. The highest BCUT2D eigenvalue weighted by atomic mass is 32.1. The lowest BCUT2D eigenvalue weighted by Gasteiger charge is -2.15. The maximum Gasteiger partial charge on any atom is 0.328 e. The summed E-state index contributed by atoms with van der Waals surface area (Å²) in [6, 6.07) is 1.65. The average molecular weight is 257 g/mol. The Morgan fingerprint density at radius 2 is 2.24 bits per heavy atom. The van der Waals surface area contributed by atoms with Crippen LogP contribution in [-0.4, -0.2) is 33.9 Å². The second kappa shape index (κ2) is 6.51. The van der Waals surface area contributed by atoms with Crippen molar-refractivity contribution in [2.45, 2.75) is 18.6 Å². The van der Waals surface area contributed by atoms with Gasteiger partial charge in [0.1, 0.15) is 6.10 Å². The highest BCUT2D eigenvalue weighted by molar-refractivity contribution is 7.11. The molecule has 0 fully saturated rings. The first-order valence-electron chi connectivity index (χ1n) is 5.10. The molecule has 0 aliphatic heterocycles. The molecule has 0 aromatic carbocycles. The number of aliphatic carboxylic acids is 1. The Kier molecular flexibility index (Phi) is 5.30. The summed E-state index contributed by atoms with van der Waals surface area (Å²) in [7, 11) is 0. The van der Waals surface area contributed by atoms with Crippen molar-refractivity contribution in [1.29, 1.82) is 0 Å². The maximum atomic E-state index is 10.3. The summed E-state index contributed by atoms with van der Waals surface area (Å²) in [5, 5.41) is 29.5. The van der Waals surface area contributed by atoms with Crippen LogP contribution in [0.25, 0.3) is 6.08 Å². The molecule has 1 rings (SSSR count). The molecule has 1 aromatic heterocycles. The van der Waals surface area contributed by atoms with Crippen LogP contribution in [0.2, 0.25) is 0 Å². The SMILES string of the molecule is NCCC(O)C(O)c1csc(/C=C/C(=O)O)c1. The van der Waals surface area contributed by atoms with Gasteiger partial charge >= 0.3 is 5.97 Å². The van der Waals surface area contributed by atoms with Crippen LogP contribution in [0.4, 0.5) is 0 Å². The van der Waals surface area contributed by atoms with Gasteiger partial charge in [-0.3, -0.25) is 0 Å². The molecule has 0 bridgehead atoms. The van der Waals surface area contributed by atoms with Gasteiger partial charge in [0, 0.05) is 11.0 Å². The minimum atomic E-state index is -1.02. The summed E-state index contributed by atoms with van der Waals surface area (Å²) in [6.07, 6.45) is 0.904. The third-order valence-electron chi connectivity index (χ3n) is 2.20. The van der Waals surface area contributed by atoms with E-state index in [0.717, 1.165) is 6.08 Å². The van der Waals surface area contributed by atoms with E-state index in [-0.39, 0.29) is 0 Å². The fourth-order valence-electron chi connectivity index (χ4n) is 1.32. The lowest BCUT2D eigenvalue weighted by atomic mass is 10.1. The summed E-state index contributed by atoms with van der Waals surface area (Å²) in [5.74, 6) is -1.02. The zero-order valence-electron chi connectivity index (χ0n) is 9.11. The average Bonchev–Trinajstić information content (AvgIpc) is 2.74. The fraction of sp³-hybridized carbons (Fsp3) is 0.364. The molecular formula is C11H15NO4S. The molecule has 1 heterocycles. The van der Waals surface area contributed by atoms with E-state index in [9.17, 15) is 15.0 Å². The number of hydrogen-bond acceptors (Lipinski definition) is 5. The summed E-state index contributed by atoms with van der Waals surface area (Å²) in [5.41, 5.74) is 5.86. The molecule has 0 saturated carbocycles. The van der Waals surface area contributed by atoms with Gasteiger partial charge in [0.05, 0.1) is 6.10 Å². The minimum absolute atomic E-state index is 0.300. The largest absolute Gasteiger partial charge is 0.478 e. The van der Waals surface area contributed by atoms with Crippen molar-refractivity contribution in [3.63, 3.8) is 0 Å². The van der Waals surface area contributed by atoms with Crippen LogP contribution in [0, 0.1) is 0 Å². The predicted octanol–water partition coefficient (Wildman–Crippen LogP) is 0.589. The standard InChI is InChI=1S/C11H15NO4S/c12-4-3-9(13)11(16)7-5-8(17-6-7)1-2-10(14)15/h1-2,5-6,9,11,13,16H,3-4,12H2,(H,14,15)/b2-1+. The number of carboxylic acids is 1. The van der Waals surface area contributed by atoms with E-state index in [2.05, 4.69) is 0 Å². The minimum Gasteiger partial charge on any atom is -0.478 e. The molecule has 5 nitrogen and oxygen atoms in total. The van der Waals surface area contributed by atoms with Gasteiger partial charge in [-0.05, 0) is 36.1 Å². The first-order valence-corrected chi connectivity index (χ1v) is 5.98. The highest BCUT2D eigenvalue weighted by Gasteiger charge is 2.18. The van der Waals surface area contributed by atoms with E-state index >= 15 is 0 Å². The zero-order valence-corrected chi connectivity index (χ0v) is 9.93. The molecule has 0 aliphatic rings. The van der Waals surface area contributed by atoms with Gasteiger partial charge in [0.15, 0.2) is 0 Å². The summed E-state index contributed by atoms with van der Waals surface area (Å²) >= 11 is 1.30. The van der Waals surface area contributed by atoms with Crippen molar-refractivity contribution >= 4 is 23.4 Å². The van der Waals surface area contributed by atoms with Gasteiger partial charge in [-0.15, -0.1) is 11.3 Å². The number of aliphatic hydroxyl groups is 2. The number of hydrogen-bond donors (Lipinski definition) is 4. The number of rotatable bonds is 6. The van der Waals surface area contributed by atoms with Crippen LogP contribution in [0.1, 0.15) is 23.0 Å². The van der Waals surface area contributed by atoms with Crippen LogP contribution >= 0.6 is 11.3 Å². The smallest absolute Gasteiger partial charge is 0.328 e. The van der Waals surface area contributed by atoms with E-state index in [1.807, 2.05) is 0 Å². The Morgan fingerprint density at radius 3 is 2.82 bits per heavy atom. The molecule has 0 radical (unpaired) electrons. The summed E-state index contributed by atoms with van der Waals surface area (Å²) in [4.78, 5) is 11.0. The van der Waals surface area contributed by atoms with E-state index in [1.165, 1.54) is 17.4 Å². The van der Waals surface area contributed by atoms with Gasteiger partial charge in [-0.25, -0.2) is 4.79 Å². The first-order chi connectivity index (χ1) is 8.04. The lowest BCUT2D eigenvalue weighted by molar-refractivity contribution is -0.131. The van der Waals surface area contributed by atoms with Gasteiger partial charge in [0.25, 0.3) is 0 Å². The third kappa shape index (κ3) is 4.27. The Balaban J connectivity index is 2.70. The number of carboxylic acid groups (broad SMARTS) is 1. The van der Waals surface area contributed by atoms with E-state index in [1.54, 1.807) is 11.4 Å². The van der Waals surface area contributed by atoms with Gasteiger partial charge in [-0.1, -0.05) is 0 Å². The number of nitrogens with two attached hydrogens (primary N) is 1. The quantitative estimate of drug-likeness (QED) is 0.558. The number of carbonyl (C=O) groups is 1. The van der Waals surface area contributed by atoms with Crippen LogP contribution < -0.4 is 5.73 Å². The predicted molar refractivity (Wildman–Crippen MR) is 65.6 cm³/mol. The van der Waals surface area contributed by atoms with E-state index in [0.29, 0.717) is 23.4 Å². The number of thiophene rings is 1. The monoisotopic (exact) mass is 257 g/mol. The van der Waals surface area contributed by atoms with Gasteiger partial charge in [0.2, 0.25) is 0 Å². The molecule has 0 saturated heterocycles. The fourth-order valence-corrected chi connectivity index (χ4v) is 2.15. The summed E-state index contributed by atoms with van der Waals surface area (Å²) < 4.78 is 0. The Bertz CT molecular complexity index is 402. The first kappa shape index (κ1) is 13.9. The third-order valence-corrected chi connectivity index (χ3v) is 3.11. The van der Waals surface area contributed by atoms with E-state index < -0.39 is 18.2 Å². The molecule has 1 aromatic rings. The van der Waals surface area contributed by atoms with Crippen LogP contribution in [0.15, 0.2) is 17.5 Å². The molecule has 0 aliphatic carbocycles. The van der Waals surface area contributed by atoms with Crippen molar-refractivity contribution in [3.8, 4) is 0 Å². The van der Waals surface area contributed by atoms with Gasteiger partial charge < -0.3 is 21.1 Å². The second-order valence-electron chi connectivity index (χ2n) is 3.54. The second-order valence-corrected chi connectivity index (χ2v) is 4.49. The van der Waals surface area contributed by atoms with Crippen molar-refractivity contribution in [3.05, 3.63) is 28.0 Å². The molecule has 0 spiro atoms. The molecule has 6 heteroatoms. The van der Waals surface area contributed by atoms with Crippen molar-refractivity contribution in [2.24, 2.45) is 5.73 Å². The van der Waals surface area contributed by atoms with Crippen LogP contribution in [-0.2, 0) is 4.79 Å². The Morgan fingerprint density at radius 1 is 1.53 bits per heavy atom. The number of aliphatic hydroxyl groups excluding tert-OH is 2. The maximum absolute atomic E-state index is 10.3. The van der Waals surface area contributed by atoms with Gasteiger partial charge in [-0.2, -0.15) is 0 Å². The van der Waals surface area contributed by atoms with E-state index in [4.69, 9.17) is 10.8 Å². The molecule has 17 heavy (non-hydrogen) atoms. The molecule has 2 unspecified atom stereocenters. The van der Waals surface area contributed by atoms with Crippen molar-refractivity contribution in [2.75, 3.05) is 6.54 Å². The van der Waals surface area contributed by atoms with Crippen LogP contribution in [0.3, 0.4) is 0 Å². The summed E-state index contributed by atoms with van der Waals surface area (Å²) in [6.45, 7) is 0.300. The topological polar surface area (TPSA) is 104 Å². The van der Waals surface area contributed by atoms with Crippen molar-refractivity contribution in [1.82, 2.24) is 0 Å². The Labute approximate surface area is 103 Å². The van der Waals surface area contributed by atoms with Crippen molar-refractivity contribution < 1.29 is 20.1 Å². The molecule has 2 atom stereocenters. The van der Waals surface area contributed by atoms with Crippen LogP contribution in [0.5, 0.6) is 0 Å². The highest BCUT2D eigenvalue weighted by Crippen LogP contribution is 2.25.